The lowest BCUT2D eigenvalue weighted by Crippen LogP contribution is -2.10. The van der Waals surface area contributed by atoms with Crippen LogP contribution in [0.25, 0.3) is 0 Å². The number of nitrogens with zero attached hydrogens (tertiary/aromatic N) is 3. The molecule has 27 heavy (non-hydrogen) atoms. The van der Waals surface area contributed by atoms with Gasteiger partial charge in [0.15, 0.2) is 28.7 Å². The first-order valence-corrected chi connectivity index (χ1v) is 9.23. The van der Waals surface area contributed by atoms with Gasteiger partial charge in [0, 0.05) is 18.9 Å². The van der Waals surface area contributed by atoms with Gasteiger partial charge in [-0.2, -0.15) is 0 Å². The molecule has 0 fully saturated rings. The summed E-state index contributed by atoms with van der Waals surface area (Å²) in [5.74, 6) is 0.615. The quantitative estimate of drug-likeness (QED) is 0.554. The standard InChI is InChI=1S/C19H19F2N3O2S/c1-12(26-17-8-7-14(20)10-16(17)21)18-22-23-19(24(18)2)27-11-13-5-4-6-15(9-13)25-3/h4-10,12H,11H2,1-3H3. The third-order valence-electron chi connectivity index (χ3n) is 3.93. The Hall–Kier alpha value is -2.61. The van der Waals surface area contributed by atoms with Gasteiger partial charge in [-0.3, -0.25) is 0 Å². The average molecular weight is 391 g/mol. The Bertz CT molecular complexity index is 933. The van der Waals surface area contributed by atoms with E-state index >= 15 is 0 Å². The van der Waals surface area contributed by atoms with E-state index in [9.17, 15) is 8.78 Å². The van der Waals surface area contributed by atoms with E-state index in [1.165, 1.54) is 17.8 Å². The van der Waals surface area contributed by atoms with Gasteiger partial charge < -0.3 is 14.0 Å². The summed E-state index contributed by atoms with van der Waals surface area (Å²) in [5, 5.41) is 9.05. The molecule has 5 nitrogen and oxygen atoms in total. The van der Waals surface area contributed by atoms with Crippen molar-refractivity contribution in [3.05, 3.63) is 65.5 Å². The van der Waals surface area contributed by atoms with Crippen LogP contribution < -0.4 is 9.47 Å². The summed E-state index contributed by atoms with van der Waals surface area (Å²) < 4.78 is 39.4. The van der Waals surface area contributed by atoms with Crippen LogP contribution in [-0.4, -0.2) is 21.9 Å². The molecule has 1 heterocycles. The molecular formula is C19H19F2N3O2S. The predicted molar refractivity (Wildman–Crippen MR) is 99.0 cm³/mol. The van der Waals surface area contributed by atoms with Gasteiger partial charge in [-0.15, -0.1) is 10.2 Å². The molecule has 1 aromatic heterocycles. The smallest absolute Gasteiger partial charge is 0.191 e. The second kappa shape index (κ2) is 8.39. The number of benzene rings is 2. The molecule has 1 atom stereocenters. The van der Waals surface area contributed by atoms with Gasteiger partial charge in [0.05, 0.1) is 7.11 Å². The van der Waals surface area contributed by atoms with E-state index in [0.29, 0.717) is 16.7 Å². The Morgan fingerprint density at radius 2 is 1.96 bits per heavy atom. The van der Waals surface area contributed by atoms with Crippen molar-refractivity contribution in [1.29, 1.82) is 0 Å². The molecule has 142 valence electrons. The van der Waals surface area contributed by atoms with Gasteiger partial charge >= 0.3 is 0 Å². The lowest BCUT2D eigenvalue weighted by molar-refractivity contribution is 0.201. The van der Waals surface area contributed by atoms with E-state index in [1.54, 1.807) is 18.6 Å². The third kappa shape index (κ3) is 4.57. The molecule has 0 aliphatic carbocycles. The molecule has 0 N–H and O–H groups in total. The maximum absolute atomic E-state index is 13.8. The van der Waals surface area contributed by atoms with Crippen molar-refractivity contribution in [2.45, 2.75) is 23.9 Å². The summed E-state index contributed by atoms with van der Waals surface area (Å²) in [7, 11) is 3.46. The Balaban J connectivity index is 1.68. The molecule has 0 saturated carbocycles. The van der Waals surface area contributed by atoms with E-state index < -0.39 is 17.7 Å². The molecule has 8 heteroatoms. The Kier molecular flexibility index (Phi) is 5.95. The van der Waals surface area contributed by atoms with E-state index in [0.717, 1.165) is 23.4 Å². The molecule has 1 unspecified atom stereocenters. The number of methoxy groups -OCH3 is 1. The minimum absolute atomic E-state index is 0.0301. The van der Waals surface area contributed by atoms with E-state index in [2.05, 4.69) is 10.2 Å². The largest absolute Gasteiger partial charge is 0.497 e. The molecule has 0 spiro atoms. The Morgan fingerprint density at radius 3 is 2.70 bits per heavy atom. The summed E-state index contributed by atoms with van der Waals surface area (Å²) in [6.45, 7) is 1.74. The van der Waals surface area contributed by atoms with Crippen molar-refractivity contribution < 1.29 is 18.3 Å². The van der Waals surface area contributed by atoms with Crippen LogP contribution in [0.4, 0.5) is 8.78 Å². The van der Waals surface area contributed by atoms with Crippen molar-refractivity contribution in [2.75, 3.05) is 7.11 Å². The summed E-state index contributed by atoms with van der Waals surface area (Å²) in [6.07, 6.45) is -0.548. The Labute approximate surface area is 160 Å². The topological polar surface area (TPSA) is 49.2 Å². The van der Waals surface area contributed by atoms with Gasteiger partial charge in [-0.25, -0.2) is 8.78 Å². The number of hydrogen-bond donors (Lipinski definition) is 0. The van der Waals surface area contributed by atoms with Gasteiger partial charge in [0.1, 0.15) is 11.6 Å². The fourth-order valence-corrected chi connectivity index (χ4v) is 3.39. The maximum Gasteiger partial charge on any atom is 0.191 e. The van der Waals surface area contributed by atoms with Gasteiger partial charge in [0.25, 0.3) is 0 Å². The number of rotatable bonds is 7. The zero-order valence-corrected chi connectivity index (χ0v) is 16.0. The Morgan fingerprint density at radius 1 is 1.15 bits per heavy atom. The minimum atomic E-state index is -0.753. The molecule has 3 rings (SSSR count). The van der Waals surface area contributed by atoms with Crippen LogP contribution in [0.2, 0.25) is 0 Å². The SMILES string of the molecule is COc1cccc(CSc2nnc(C(C)Oc3ccc(F)cc3F)n2C)c1. The first kappa shape index (κ1) is 19.2. The molecule has 3 aromatic rings. The first-order chi connectivity index (χ1) is 13.0. The molecule has 0 bridgehead atoms. The molecule has 0 aliphatic heterocycles. The first-order valence-electron chi connectivity index (χ1n) is 8.24. The second-order valence-electron chi connectivity index (χ2n) is 5.87. The molecule has 2 aromatic carbocycles. The highest BCUT2D eigenvalue weighted by molar-refractivity contribution is 7.98. The number of aromatic nitrogens is 3. The second-order valence-corrected chi connectivity index (χ2v) is 6.82. The lowest BCUT2D eigenvalue weighted by Gasteiger charge is -2.14. The number of hydrogen-bond acceptors (Lipinski definition) is 5. The maximum atomic E-state index is 13.8. The third-order valence-corrected chi connectivity index (χ3v) is 5.02. The highest BCUT2D eigenvalue weighted by Gasteiger charge is 2.19. The van der Waals surface area contributed by atoms with Crippen LogP contribution in [0.1, 0.15) is 24.4 Å². The zero-order chi connectivity index (χ0) is 19.4. The molecular weight excluding hydrogens is 372 g/mol. The molecule has 0 saturated heterocycles. The fraction of sp³-hybridized carbons (Fsp3) is 0.263. The minimum Gasteiger partial charge on any atom is -0.497 e. The van der Waals surface area contributed by atoms with Gasteiger partial charge in [-0.1, -0.05) is 23.9 Å². The van der Waals surface area contributed by atoms with Crippen LogP contribution in [-0.2, 0) is 12.8 Å². The van der Waals surface area contributed by atoms with Crippen molar-refractivity contribution in [1.82, 2.24) is 14.8 Å². The highest BCUT2D eigenvalue weighted by atomic mass is 32.2. The summed E-state index contributed by atoms with van der Waals surface area (Å²) in [5.41, 5.74) is 1.10. The van der Waals surface area contributed by atoms with Crippen molar-refractivity contribution in [3.8, 4) is 11.5 Å². The summed E-state index contributed by atoms with van der Waals surface area (Å²) in [4.78, 5) is 0. The van der Waals surface area contributed by atoms with Crippen LogP contribution in [0.5, 0.6) is 11.5 Å². The monoisotopic (exact) mass is 391 g/mol. The lowest BCUT2D eigenvalue weighted by atomic mass is 10.2. The van der Waals surface area contributed by atoms with Crippen LogP contribution in [0.3, 0.4) is 0 Å². The summed E-state index contributed by atoms with van der Waals surface area (Å²) >= 11 is 1.52. The zero-order valence-electron chi connectivity index (χ0n) is 15.1. The van der Waals surface area contributed by atoms with E-state index in [1.807, 2.05) is 31.3 Å². The predicted octanol–water partition coefficient (Wildman–Crippen LogP) is 4.53. The van der Waals surface area contributed by atoms with Crippen molar-refractivity contribution >= 4 is 11.8 Å². The van der Waals surface area contributed by atoms with Crippen LogP contribution in [0, 0.1) is 11.6 Å². The normalized spacial score (nSPS) is 12.0. The van der Waals surface area contributed by atoms with Gasteiger partial charge in [-0.05, 0) is 36.8 Å². The van der Waals surface area contributed by atoms with Crippen molar-refractivity contribution in [2.24, 2.45) is 7.05 Å². The average Bonchev–Trinajstić information content (AvgIpc) is 3.03. The van der Waals surface area contributed by atoms with E-state index in [-0.39, 0.29) is 5.75 Å². The fourth-order valence-electron chi connectivity index (χ4n) is 2.53. The summed E-state index contributed by atoms with van der Waals surface area (Å²) in [6, 6.07) is 11.0. The number of halogens is 2. The van der Waals surface area contributed by atoms with Crippen molar-refractivity contribution in [3.63, 3.8) is 0 Å². The number of thioether (sulfide) groups is 1. The van der Waals surface area contributed by atoms with Crippen LogP contribution in [0.15, 0.2) is 47.6 Å². The molecule has 0 radical (unpaired) electrons. The van der Waals surface area contributed by atoms with Gasteiger partial charge in [0.2, 0.25) is 0 Å². The highest BCUT2D eigenvalue weighted by Crippen LogP contribution is 2.27. The van der Waals surface area contributed by atoms with E-state index in [4.69, 9.17) is 9.47 Å². The number of ether oxygens (including phenoxy) is 2. The van der Waals surface area contributed by atoms with Crippen LogP contribution >= 0.6 is 11.8 Å². The molecule has 0 aliphatic rings. The molecule has 0 amide bonds.